The van der Waals surface area contributed by atoms with E-state index in [1.54, 1.807) is 0 Å². The highest BCUT2D eigenvalue weighted by atomic mass is 16.5. The Hall–Kier alpha value is -3.47. The van der Waals surface area contributed by atoms with Gasteiger partial charge in [0.25, 0.3) is 0 Å². The summed E-state index contributed by atoms with van der Waals surface area (Å²) in [7, 11) is 4.05. The molecule has 5 nitrogen and oxygen atoms in total. The number of aromatic nitrogens is 2. The molecule has 4 rings (SSSR count). The minimum absolute atomic E-state index is 0.686. The third-order valence-corrected chi connectivity index (χ3v) is 4.35. The van der Waals surface area contributed by atoms with Crippen LogP contribution in [0, 0.1) is 0 Å². The van der Waals surface area contributed by atoms with Crippen LogP contribution in [0.2, 0.25) is 0 Å². The number of H-pyrrole nitrogens is 1. The number of hydrogen-bond donors (Lipinski definition) is 2. The lowest BCUT2D eigenvalue weighted by molar-refractivity contribution is 0.482. The van der Waals surface area contributed by atoms with Gasteiger partial charge in [0, 0.05) is 26.3 Å². The molecule has 0 unspecified atom stereocenters. The van der Waals surface area contributed by atoms with Gasteiger partial charge in [0.05, 0.1) is 11.0 Å². The number of anilines is 2. The normalized spacial score (nSPS) is 10.7. The predicted molar refractivity (Wildman–Crippen MR) is 111 cm³/mol. The highest BCUT2D eigenvalue weighted by Gasteiger charge is 2.05. The molecule has 0 fully saturated rings. The van der Waals surface area contributed by atoms with Gasteiger partial charge in [-0.3, -0.25) is 0 Å². The first-order chi connectivity index (χ1) is 13.2. The third-order valence-electron chi connectivity index (χ3n) is 4.35. The van der Waals surface area contributed by atoms with Crippen LogP contribution in [0.5, 0.6) is 11.5 Å². The van der Waals surface area contributed by atoms with Gasteiger partial charge in [0.15, 0.2) is 0 Å². The largest absolute Gasteiger partial charge is 0.457 e. The van der Waals surface area contributed by atoms with Crippen LogP contribution in [-0.4, -0.2) is 24.1 Å². The molecule has 0 aliphatic rings. The van der Waals surface area contributed by atoms with Crippen molar-refractivity contribution >= 4 is 22.7 Å². The van der Waals surface area contributed by atoms with Gasteiger partial charge in [-0.2, -0.15) is 0 Å². The number of benzene rings is 3. The number of rotatable bonds is 6. The molecule has 3 aromatic carbocycles. The lowest BCUT2D eigenvalue weighted by Crippen LogP contribution is -2.07. The summed E-state index contributed by atoms with van der Waals surface area (Å²) in [5.41, 5.74) is 4.27. The molecule has 2 N–H and O–H groups in total. The zero-order valence-electron chi connectivity index (χ0n) is 15.4. The van der Waals surface area contributed by atoms with Crippen molar-refractivity contribution in [3.63, 3.8) is 0 Å². The molecular weight excluding hydrogens is 336 g/mol. The average Bonchev–Trinajstić information content (AvgIpc) is 3.10. The summed E-state index contributed by atoms with van der Waals surface area (Å²) in [4.78, 5) is 10.0. The van der Waals surface area contributed by atoms with Crippen molar-refractivity contribution in [2.24, 2.45) is 0 Å². The maximum Gasteiger partial charge on any atom is 0.201 e. The Bertz CT molecular complexity index is 1020. The molecule has 0 atom stereocenters. The van der Waals surface area contributed by atoms with E-state index in [9.17, 15) is 0 Å². The Balaban J connectivity index is 1.40. The van der Waals surface area contributed by atoms with E-state index in [0.717, 1.165) is 39.7 Å². The van der Waals surface area contributed by atoms with E-state index in [-0.39, 0.29) is 0 Å². The quantitative estimate of drug-likeness (QED) is 0.507. The second kappa shape index (κ2) is 7.41. The SMILES string of the molecule is CN(C)c1ccc2[nH]c(NCc3ccc(Oc4ccccc4)cc3)nc2c1. The second-order valence-electron chi connectivity index (χ2n) is 6.59. The van der Waals surface area contributed by atoms with Crippen molar-refractivity contribution in [1.82, 2.24) is 9.97 Å². The Labute approximate surface area is 158 Å². The number of para-hydroxylation sites is 1. The molecule has 1 aromatic heterocycles. The van der Waals surface area contributed by atoms with Gasteiger partial charge < -0.3 is 19.9 Å². The van der Waals surface area contributed by atoms with E-state index in [1.807, 2.05) is 56.6 Å². The van der Waals surface area contributed by atoms with Crippen LogP contribution in [0.4, 0.5) is 11.6 Å². The third kappa shape index (κ3) is 4.03. The Morgan fingerprint density at radius 1 is 0.926 bits per heavy atom. The number of ether oxygens (including phenoxy) is 1. The Morgan fingerprint density at radius 3 is 2.41 bits per heavy atom. The lowest BCUT2D eigenvalue weighted by atomic mass is 10.2. The highest BCUT2D eigenvalue weighted by molar-refractivity contribution is 5.81. The van der Waals surface area contributed by atoms with E-state index in [0.29, 0.717) is 6.54 Å². The zero-order chi connectivity index (χ0) is 18.6. The summed E-state index contributed by atoms with van der Waals surface area (Å²) < 4.78 is 5.82. The van der Waals surface area contributed by atoms with Crippen molar-refractivity contribution in [2.45, 2.75) is 6.54 Å². The molecule has 0 saturated carbocycles. The maximum absolute atomic E-state index is 5.82. The molecular formula is C22H22N4O. The first-order valence-corrected chi connectivity index (χ1v) is 8.90. The van der Waals surface area contributed by atoms with E-state index >= 15 is 0 Å². The van der Waals surface area contributed by atoms with Crippen LogP contribution >= 0.6 is 0 Å². The fraction of sp³-hybridized carbons (Fsp3) is 0.136. The number of nitrogens with zero attached hydrogens (tertiary/aromatic N) is 2. The van der Waals surface area contributed by atoms with Crippen molar-refractivity contribution in [1.29, 1.82) is 0 Å². The van der Waals surface area contributed by atoms with Crippen molar-refractivity contribution in [3.8, 4) is 11.5 Å². The zero-order valence-corrected chi connectivity index (χ0v) is 15.4. The van der Waals surface area contributed by atoms with Crippen molar-refractivity contribution in [3.05, 3.63) is 78.4 Å². The van der Waals surface area contributed by atoms with Crippen LogP contribution in [0.15, 0.2) is 72.8 Å². The summed E-state index contributed by atoms with van der Waals surface area (Å²) in [5, 5.41) is 3.35. The molecule has 0 aliphatic heterocycles. The van der Waals surface area contributed by atoms with Gasteiger partial charge >= 0.3 is 0 Å². The van der Waals surface area contributed by atoms with Gasteiger partial charge in [-0.1, -0.05) is 30.3 Å². The number of nitrogens with one attached hydrogen (secondary N) is 2. The number of imidazole rings is 1. The minimum Gasteiger partial charge on any atom is -0.457 e. The van der Waals surface area contributed by atoms with Crippen molar-refractivity contribution in [2.75, 3.05) is 24.3 Å². The summed E-state index contributed by atoms with van der Waals surface area (Å²) >= 11 is 0. The van der Waals surface area contributed by atoms with Gasteiger partial charge in [0.2, 0.25) is 5.95 Å². The Kier molecular flexibility index (Phi) is 4.66. The van der Waals surface area contributed by atoms with Crippen LogP contribution < -0.4 is 15.0 Å². The van der Waals surface area contributed by atoms with E-state index in [1.165, 1.54) is 0 Å². The predicted octanol–water partition coefficient (Wildman–Crippen LogP) is 5.03. The van der Waals surface area contributed by atoms with E-state index in [2.05, 4.69) is 50.5 Å². The average molecular weight is 358 g/mol. The summed E-state index contributed by atoms with van der Waals surface area (Å²) in [6.45, 7) is 0.686. The first-order valence-electron chi connectivity index (χ1n) is 8.90. The minimum atomic E-state index is 0.686. The van der Waals surface area contributed by atoms with Gasteiger partial charge in [-0.15, -0.1) is 0 Å². The molecule has 136 valence electrons. The molecule has 27 heavy (non-hydrogen) atoms. The molecule has 0 aliphatic carbocycles. The maximum atomic E-state index is 5.82. The molecule has 0 bridgehead atoms. The topological polar surface area (TPSA) is 53.2 Å². The molecule has 0 spiro atoms. The highest BCUT2D eigenvalue weighted by Crippen LogP contribution is 2.23. The number of fused-ring (bicyclic) bond motifs is 1. The molecule has 0 radical (unpaired) electrons. The number of aromatic amines is 1. The summed E-state index contributed by atoms with van der Waals surface area (Å²) in [6.07, 6.45) is 0. The summed E-state index contributed by atoms with van der Waals surface area (Å²) in [6, 6.07) is 24.1. The van der Waals surface area contributed by atoms with Crippen molar-refractivity contribution < 1.29 is 4.74 Å². The van der Waals surface area contributed by atoms with Gasteiger partial charge in [-0.05, 0) is 48.0 Å². The van der Waals surface area contributed by atoms with E-state index < -0.39 is 0 Å². The molecule has 1 heterocycles. The fourth-order valence-corrected chi connectivity index (χ4v) is 2.84. The smallest absolute Gasteiger partial charge is 0.201 e. The Morgan fingerprint density at radius 2 is 1.67 bits per heavy atom. The monoisotopic (exact) mass is 358 g/mol. The van der Waals surface area contributed by atoms with Crippen LogP contribution in [0.25, 0.3) is 11.0 Å². The van der Waals surface area contributed by atoms with Gasteiger partial charge in [-0.25, -0.2) is 4.98 Å². The van der Waals surface area contributed by atoms with Gasteiger partial charge in [0.1, 0.15) is 11.5 Å². The van der Waals surface area contributed by atoms with Crippen LogP contribution in [0.1, 0.15) is 5.56 Å². The first kappa shape index (κ1) is 17.0. The van der Waals surface area contributed by atoms with Crippen LogP contribution in [-0.2, 0) is 6.54 Å². The molecule has 5 heteroatoms. The van der Waals surface area contributed by atoms with Crippen LogP contribution in [0.3, 0.4) is 0 Å². The van der Waals surface area contributed by atoms with E-state index in [4.69, 9.17) is 4.74 Å². The summed E-state index contributed by atoms with van der Waals surface area (Å²) in [5.74, 6) is 2.43. The lowest BCUT2D eigenvalue weighted by Gasteiger charge is -2.11. The molecule has 0 saturated heterocycles. The molecule has 4 aromatic rings. The number of hydrogen-bond acceptors (Lipinski definition) is 4. The standard InChI is InChI=1S/C22H22N4O/c1-26(2)17-10-13-20-21(14-17)25-22(24-20)23-15-16-8-11-19(12-9-16)27-18-6-4-3-5-7-18/h3-14H,15H2,1-2H3,(H2,23,24,25). The fourth-order valence-electron chi connectivity index (χ4n) is 2.84. The second-order valence-corrected chi connectivity index (χ2v) is 6.59. The molecule has 0 amide bonds.